The Labute approximate surface area is 105 Å². The van der Waals surface area contributed by atoms with E-state index in [4.69, 9.17) is 15.8 Å². The SMILES string of the molecule is C[Si]1(C[C@H]2OP(Cl)N3CCC[C@@H]23)CCCC1. The molecule has 0 N–H and O–H groups in total. The van der Waals surface area contributed by atoms with Crippen molar-refractivity contribution in [3.8, 4) is 0 Å². The van der Waals surface area contributed by atoms with Crippen LogP contribution in [-0.2, 0) is 4.52 Å². The van der Waals surface area contributed by atoms with Gasteiger partial charge in [0.05, 0.1) is 14.2 Å². The Morgan fingerprint density at radius 1 is 1.38 bits per heavy atom. The average Bonchev–Trinajstić information content (AvgIpc) is 2.88. The van der Waals surface area contributed by atoms with E-state index in [0.717, 1.165) is 0 Å². The lowest BCUT2D eigenvalue weighted by Gasteiger charge is -2.26. The van der Waals surface area contributed by atoms with Crippen molar-refractivity contribution in [2.24, 2.45) is 0 Å². The van der Waals surface area contributed by atoms with Crippen LogP contribution < -0.4 is 0 Å². The minimum Gasteiger partial charge on any atom is -0.327 e. The molecule has 0 saturated carbocycles. The molecule has 0 aromatic heterocycles. The fourth-order valence-electron chi connectivity index (χ4n) is 3.68. The van der Waals surface area contributed by atoms with Crippen LogP contribution in [0.25, 0.3) is 0 Å². The van der Waals surface area contributed by atoms with Gasteiger partial charge in [-0.3, -0.25) is 0 Å². The maximum absolute atomic E-state index is 6.32. The minimum atomic E-state index is -0.941. The molecular weight excluding hydrogens is 257 g/mol. The number of hydrogen-bond acceptors (Lipinski definition) is 2. The summed E-state index contributed by atoms with van der Waals surface area (Å²) in [6, 6.07) is 5.10. The molecule has 16 heavy (non-hydrogen) atoms. The topological polar surface area (TPSA) is 12.5 Å². The van der Waals surface area contributed by atoms with Crippen molar-refractivity contribution < 1.29 is 4.52 Å². The number of fused-ring (bicyclic) bond motifs is 1. The van der Waals surface area contributed by atoms with Gasteiger partial charge in [-0.1, -0.05) is 31.5 Å². The van der Waals surface area contributed by atoms with Crippen LogP contribution in [0.5, 0.6) is 0 Å². The molecule has 3 atom stereocenters. The lowest BCUT2D eigenvalue weighted by atomic mass is 10.1. The predicted octanol–water partition coefficient (Wildman–Crippen LogP) is 4.19. The largest absolute Gasteiger partial charge is 0.327 e. The Bertz CT molecular complexity index is 275. The van der Waals surface area contributed by atoms with Gasteiger partial charge in [0, 0.05) is 12.6 Å². The van der Waals surface area contributed by atoms with Gasteiger partial charge in [0.2, 0.25) is 7.65 Å². The smallest absolute Gasteiger partial charge is 0.207 e. The third-order valence-electron chi connectivity index (χ3n) is 4.63. The summed E-state index contributed by atoms with van der Waals surface area (Å²) in [6.45, 7) is 3.76. The Morgan fingerprint density at radius 3 is 2.88 bits per heavy atom. The molecule has 3 fully saturated rings. The number of halogens is 1. The lowest BCUT2D eigenvalue weighted by molar-refractivity contribution is 0.230. The van der Waals surface area contributed by atoms with Crippen molar-refractivity contribution in [1.82, 2.24) is 4.67 Å². The normalized spacial score (nSPS) is 42.8. The summed E-state index contributed by atoms with van der Waals surface area (Å²) in [6.07, 6.45) is 6.08. The van der Waals surface area contributed by atoms with Crippen LogP contribution in [-0.4, -0.2) is 31.4 Å². The maximum Gasteiger partial charge on any atom is 0.207 e. The summed E-state index contributed by atoms with van der Waals surface area (Å²) < 4.78 is 8.49. The molecule has 0 radical (unpaired) electrons. The second-order valence-electron chi connectivity index (χ2n) is 5.96. The van der Waals surface area contributed by atoms with Crippen molar-refractivity contribution >= 4 is 27.0 Å². The third kappa shape index (κ3) is 2.10. The molecule has 3 rings (SSSR count). The Hall–Kier alpha value is 0.857. The van der Waals surface area contributed by atoms with Gasteiger partial charge >= 0.3 is 0 Å². The van der Waals surface area contributed by atoms with Gasteiger partial charge in [-0.15, -0.1) is 0 Å². The van der Waals surface area contributed by atoms with E-state index in [0.29, 0.717) is 12.1 Å². The molecule has 0 aliphatic carbocycles. The third-order valence-corrected chi connectivity index (χ3v) is 11.3. The van der Waals surface area contributed by atoms with Crippen LogP contribution in [0.3, 0.4) is 0 Å². The monoisotopic (exact) mass is 277 g/mol. The molecule has 3 saturated heterocycles. The maximum atomic E-state index is 6.32. The van der Waals surface area contributed by atoms with E-state index in [-0.39, 0.29) is 0 Å². The number of nitrogens with zero attached hydrogens (tertiary/aromatic N) is 1. The van der Waals surface area contributed by atoms with Crippen LogP contribution in [0.4, 0.5) is 0 Å². The Morgan fingerprint density at radius 2 is 2.12 bits per heavy atom. The van der Waals surface area contributed by atoms with E-state index in [1.165, 1.54) is 50.4 Å². The van der Waals surface area contributed by atoms with Gasteiger partial charge < -0.3 is 4.52 Å². The first kappa shape index (κ1) is 11.9. The first-order valence-electron chi connectivity index (χ1n) is 6.57. The van der Waals surface area contributed by atoms with Gasteiger partial charge in [0.1, 0.15) is 0 Å². The fourth-order valence-corrected chi connectivity index (χ4v) is 10.2. The number of hydrogen-bond donors (Lipinski definition) is 0. The molecule has 3 aliphatic rings. The molecule has 0 bridgehead atoms. The lowest BCUT2D eigenvalue weighted by Crippen LogP contribution is -2.37. The van der Waals surface area contributed by atoms with Gasteiger partial charge in [-0.05, 0) is 30.1 Å². The molecule has 0 spiro atoms. The zero-order valence-electron chi connectivity index (χ0n) is 9.99. The molecule has 5 heteroatoms. The molecule has 0 aromatic carbocycles. The molecule has 0 aromatic rings. The van der Waals surface area contributed by atoms with Gasteiger partial charge in [0.15, 0.2) is 0 Å². The highest BCUT2D eigenvalue weighted by Crippen LogP contribution is 2.59. The van der Waals surface area contributed by atoms with Crippen LogP contribution in [0, 0.1) is 0 Å². The highest BCUT2D eigenvalue weighted by Gasteiger charge is 2.47. The van der Waals surface area contributed by atoms with Crippen LogP contribution in [0.15, 0.2) is 0 Å². The van der Waals surface area contributed by atoms with E-state index in [1.807, 2.05) is 0 Å². The summed E-state index contributed by atoms with van der Waals surface area (Å²) in [4.78, 5) is 0. The first-order chi connectivity index (χ1) is 7.68. The van der Waals surface area contributed by atoms with Gasteiger partial charge in [-0.25, -0.2) is 4.67 Å². The second kappa shape index (κ2) is 4.51. The predicted molar refractivity (Wildman–Crippen MR) is 72.6 cm³/mol. The average molecular weight is 278 g/mol. The number of rotatable bonds is 2. The van der Waals surface area contributed by atoms with Crippen LogP contribution in [0.2, 0.25) is 24.7 Å². The highest BCUT2D eigenvalue weighted by molar-refractivity contribution is 7.78. The first-order valence-corrected chi connectivity index (χ1v) is 11.8. The van der Waals surface area contributed by atoms with Gasteiger partial charge in [-0.2, -0.15) is 0 Å². The van der Waals surface area contributed by atoms with Crippen molar-refractivity contribution in [1.29, 1.82) is 0 Å². The standard InChI is InChI=1S/C11H21ClNOPSi/c1-16(7-2-3-8-16)9-11-10-5-4-6-13(10)15(12)14-11/h10-11H,2-9H2,1H3/t10-,11+,15?/m0/s1. The summed E-state index contributed by atoms with van der Waals surface area (Å²) in [5, 5.41) is 0. The Kier molecular flexibility index (Phi) is 3.36. The summed E-state index contributed by atoms with van der Waals surface area (Å²) in [7, 11) is -1.70. The van der Waals surface area contributed by atoms with E-state index in [2.05, 4.69) is 11.2 Å². The molecule has 92 valence electrons. The minimum absolute atomic E-state index is 0.487. The summed E-state index contributed by atoms with van der Waals surface area (Å²) in [5.41, 5.74) is 0. The van der Waals surface area contributed by atoms with Crippen molar-refractivity contribution in [3.63, 3.8) is 0 Å². The van der Waals surface area contributed by atoms with Crippen molar-refractivity contribution in [2.45, 2.75) is 62.5 Å². The van der Waals surface area contributed by atoms with E-state index in [9.17, 15) is 0 Å². The van der Waals surface area contributed by atoms with Gasteiger partial charge in [0.25, 0.3) is 0 Å². The molecule has 0 amide bonds. The molecule has 3 heterocycles. The second-order valence-corrected chi connectivity index (χ2v) is 13.0. The molecule has 1 unspecified atom stereocenters. The fraction of sp³-hybridized carbons (Fsp3) is 1.00. The summed E-state index contributed by atoms with van der Waals surface area (Å²) in [5.74, 6) is 0. The van der Waals surface area contributed by atoms with E-state index < -0.39 is 15.7 Å². The molecule has 3 aliphatic heterocycles. The summed E-state index contributed by atoms with van der Waals surface area (Å²) >= 11 is 6.32. The molecular formula is C11H21ClNOPSi. The van der Waals surface area contributed by atoms with Crippen molar-refractivity contribution in [2.75, 3.05) is 6.54 Å². The highest BCUT2D eigenvalue weighted by atomic mass is 35.7. The van der Waals surface area contributed by atoms with Crippen molar-refractivity contribution in [3.05, 3.63) is 0 Å². The quantitative estimate of drug-likeness (QED) is 0.554. The molecule has 2 nitrogen and oxygen atoms in total. The Balaban J connectivity index is 1.67. The zero-order valence-corrected chi connectivity index (χ0v) is 12.6. The van der Waals surface area contributed by atoms with E-state index >= 15 is 0 Å². The van der Waals surface area contributed by atoms with Crippen LogP contribution >= 0.6 is 18.9 Å². The van der Waals surface area contributed by atoms with E-state index in [1.54, 1.807) is 0 Å². The van der Waals surface area contributed by atoms with Crippen LogP contribution in [0.1, 0.15) is 25.7 Å². The zero-order chi connectivity index (χ0) is 11.2.